The molecule has 0 heterocycles. The number of phenols is 1. The summed E-state index contributed by atoms with van der Waals surface area (Å²) in [6.07, 6.45) is 0.786. The lowest BCUT2D eigenvalue weighted by molar-refractivity contribution is -0.160. The molecule has 0 fully saturated rings. The van der Waals surface area contributed by atoms with Crippen molar-refractivity contribution < 1.29 is 24.2 Å². The molecule has 6 nitrogen and oxygen atoms in total. The average molecular weight is 307 g/mol. The van der Waals surface area contributed by atoms with Crippen LogP contribution in [0.25, 0.3) is 0 Å². The number of benzene rings is 1. The summed E-state index contributed by atoms with van der Waals surface area (Å²) in [4.78, 5) is 24.9. The molecule has 1 aromatic carbocycles. The number of carbonyl (C=O) groups excluding carboxylic acids is 2. The van der Waals surface area contributed by atoms with E-state index in [4.69, 9.17) is 9.47 Å². The zero-order valence-corrected chi connectivity index (χ0v) is 12.8. The van der Waals surface area contributed by atoms with Gasteiger partial charge in [0.2, 0.25) is 0 Å². The van der Waals surface area contributed by atoms with Crippen LogP contribution < -0.4 is 0 Å². The fourth-order valence-corrected chi connectivity index (χ4v) is 1.60. The van der Waals surface area contributed by atoms with Gasteiger partial charge in [-0.15, -0.1) is 6.58 Å². The van der Waals surface area contributed by atoms with Crippen molar-refractivity contribution in [3.8, 4) is 5.75 Å². The number of hydrogen-bond acceptors (Lipinski definition) is 5. The molecule has 1 amide bonds. The highest BCUT2D eigenvalue weighted by atomic mass is 16.6. The van der Waals surface area contributed by atoms with Crippen LogP contribution in [-0.2, 0) is 25.6 Å². The number of aromatic hydroxyl groups is 1. The lowest BCUT2D eigenvalue weighted by Gasteiger charge is -2.18. The van der Waals surface area contributed by atoms with E-state index >= 15 is 0 Å². The monoisotopic (exact) mass is 307 g/mol. The van der Waals surface area contributed by atoms with E-state index in [-0.39, 0.29) is 24.9 Å². The second kappa shape index (κ2) is 8.84. The molecule has 120 valence electrons. The van der Waals surface area contributed by atoms with Crippen LogP contribution in [0.15, 0.2) is 36.9 Å². The molecular formula is C16H21NO5. The highest BCUT2D eigenvalue weighted by Crippen LogP contribution is 2.11. The molecule has 0 spiro atoms. The van der Waals surface area contributed by atoms with Crippen molar-refractivity contribution in [1.29, 1.82) is 0 Å². The van der Waals surface area contributed by atoms with Crippen LogP contribution in [0, 0.1) is 0 Å². The maximum Gasteiger partial charge on any atom is 0.335 e. The number of ether oxygens (including phenoxy) is 2. The molecule has 1 atom stereocenters. The summed E-state index contributed by atoms with van der Waals surface area (Å²) < 4.78 is 10.0. The topological polar surface area (TPSA) is 76.1 Å². The number of likely N-dealkylation sites (N-methyl/N-ethyl adjacent to an activating group) is 1. The van der Waals surface area contributed by atoms with Gasteiger partial charge in [-0.05, 0) is 24.6 Å². The summed E-state index contributed by atoms with van der Waals surface area (Å²) in [6.45, 7) is 5.30. The van der Waals surface area contributed by atoms with Gasteiger partial charge in [-0.2, -0.15) is 0 Å². The van der Waals surface area contributed by atoms with E-state index in [1.54, 1.807) is 38.2 Å². The predicted octanol–water partition coefficient (Wildman–Crippen LogP) is 1.48. The van der Waals surface area contributed by atoms with E-state index in [1.807, 2.05) is 0 Å². The van der Waals surface area contributed by atoms with Crippen molar-refractivity contribution in [3.05, 3.63) is 42.5 Å². The minimum atomic E-state index is -0.742. The standard InChI is InChI=1S/C16H21NO5/c1-4-9-21-12(2)16(20)22-11-15(19)17(3)10-13-5-7-14(18)8-6-13/h4-8,12,18H,1,9-11H2,2-3H3. The number of hydrogen-bond donors (Lipinski definition) is 1. The zero-order chi connectivity index (χ0) is 16.5. The van der Waals surface area contributed by atoms with Gasteiger partial charge < -0.3 is 19.5 Å². The van der Waals surface area contributed by atoms with Crippen molar-refractivity contribution in [3.63, 3.8) is 0 Å². The van der Waals surface area contributed by atoms with Crippen LogP contribution in [-0.4, -0.2) is 48.2 Å². The molecule has 0 aliphatic rings. The van der Waals surface area contributed by atoms with Gasteiger partial charge in [0.05, 0.1) is 6.61 Å². The Morgan fingerprint density at radius 1 is 1.36 bits per heavy atom. The van der Waals surface area contributed by atoms with Gasteiger partial charge in [0.1, 0.15) is 5.75 Å². The largest absolute Gasteiger partial charge is 0.508 e. The van der Waals surface area contributed by atoms with E-state index in [1.165, 1.54) is 11.0 Å². The third kappa shape index (κ3) is 5.97. The summed E-state index contributed by atoms with van der Waals surface area (Å²) in [5.74, 6) is -0.745. The maximum absolute atomic E-state index is 11.9. The minimum Gasteiger partial charge on any atom is -0.508 e. The van der Waals surface area contributed by atoms with Crippen molar-refractivity contribution in [2.75, 3.05) is 20.3 Å². The molecule has 0 aromatic heterocycles. The zero-order valence-electron chi connectivity index (χ0n) is 12.8. The average Bonchev–Trinajstić information content (AvgIpc) is 2.51. The van der Waals surface area contributed by atoms with E-state index in [2.05, 4.69) is 6.58 Å². The molecule has 22 heavy (non-hydrogen) atoms. The Labute approximate surface area is 129 Å². The van der Waals surface area contributed by atoms with Gasteiger partial charge in [-0.1, -0.05) is 18.2 Å². The Morgan fingerprint density at radius 3 is 2.59 bits per heavy atom. The van der Waals surface area contributed by atoms with Gasteiger partial charge in [-0.25, -0.2) is 4.79 Å². The first kappa shape index (κ1) is 17.7. The van der Waals surface area contributed by atoms with E-state index < -0.39 is 12.1 Å². The molecule has 0 bridgehead atoms. The smallest absolute Gasteiger partial charge is 0.335 e. The second-order valence-electron chi connectivity index (χ2n) is 4.79. The number of phenolic OH excluding ortho intramolecular Hbond substituents is 1. The number of rotatable bonds is 8. The van der Waals surface area contributed by atoms with Gasteiger partial charge in [0, 0.05) is 13.6 Å². The van der Waals surface area contributed by atoms with Gasteiger partial charge in [0.25, 0.3) is 5.91 Å². The number of carbonyl (C=O) groups is 2. The van der Waals surface area contributed by atoms with E-state index in [0.29, 0.717) is 6.54 Å². The van der Waals surface area contributed by atoms with Crippen LogP contribution in [0.1, 0.15) is 12.5 Å². The molecule has 1 rings (SSSR count). The van der Waals surface area contributed by atoms with Crippen LogP contribution in [0.5, 0.6) is 5.75 Å². The fraction of sp³-hybridized carbons (Fsp3) is 0.375. The number of amides is 1. The quantitative estimate of drug-likeness (QED) is 0.581. The maximum atomic E-state index is 11.9. The number of esters is 1. The summed E-state index contributed by atoms with van der Waals surface area (Å²) in [5.41, 5.74) is 0.864. The first-order valence-electron chi connectivity index (χ1n) is 6.85. The van der Waals surface area contributed by atoms with Crippen molar-refractivity contribution in [1.82, 2.24) is 4.90 Å². The Kier molecular flexibility index (Phi) is 7.12. The molecule has 0 aliphatic heterocycles. The Balaban J connectivity index is 2.39. The Bertz CT molecular complexity index is 512. The predicted molar refractivity (Wildman–Crippen MR) is 81.2 cm³/mol. The van der Waals surface area contributed by atoms with Gasteiger partial charge in [-0.3, -0.25) is 4.79 Å². The van der Waals surface area contributed by atoms with Gasteiger partial charge in [0.15, 0.2) is 12.7 Å². The summed E-state index contributed by atoms with van der Waals surface area (Å²) in [7, 11) is 1.61. The van der Waals surface area contributed by atoms with E-state index in [0.717, 1.165) is 5.56 Å². The molecular weight excluding hydrogens is 286 g/mol. The van der Waals surface area contributed by atoms with E-state index in [9.17, 15) is 14.7 Å². The second-order valence-corrected chi connectivity index (χ2v) is 4.79. The van der Waals surface area contributed by atoms with Crippen LogP contribution in [0.4, 0.5) is 0 Å². The lowest BCUT2D eigenvalue weighted by Crippen LogP contribution is -2.33. The van der Waals surface area contributed by atoms with Gasteiger partial charge >= 0.3 is 5.97 Å². The summed E-state index contributed by atoms with van der Waals surface area (Å²) in [5, 5.41) is 9.20. The van der Waals surface area contributed by atoms with Crippen LogP contribution in [0.3, 0.4) is 0 Å². The molecule has 0 saturated carbocycles. The normalized spacial score (nSPS) is 11.5. The lowest BCUT2D eigenvalue weighted by atomic mass is 10.2. The highest BCUT2D eigenvalue weighted by Gasteiger charge is 2.17. The third-order valence-electron chi connectivity index (χ3n) is 2.92. The molecule has 1 unspecified atom stereocenters. The first-order chi connectivity index (χ1) is 10.4. The molecule has 6 heteroatoms. The Morgan fingerprint density at radius 2 is 2.00 bits per heavy atom. The molecule has 0 radical (unpaired) electrons. The molecule has 1 N–H and O–H groups in total. The summed E-state index contributed by atoms with van der Waals surface area (Å²) >= 11 is 0. The first-order valence-corrected chi connectivity index (χ1v) is 6.85. The molecule has 1 aromatic rings. The van der Waals surface area contributed by atoms with Crippen molar-refractivity contribution >= 4 is 11.9 Å². The molecule has 0 aliphatic carbocycles. The highest BCUT2D eigenvalue weighted by molar-refractivity contribution is 5.81. The van der Waals surface area contributed by atoms with Crippen LogP contribution in [0.2, 0.25) is 0 Å². The number of nitrogens with zero attached hydrogens (tertiary/aromatic N) is 1. The third-order valence-corrected chi connectivity index (χ3v) is 2.92. The van der Waals surface area contributed by atoms with Crippen molar-refractivity contribution in [2.45, 2.75) is 19.6 Å². The Hall–Kier alpha value is -2.34. The molecule has 0 saturated heterocycles. The van der Waals surface area contributed by atoms with Crippen molar-refractivity contribution in [2.24, 2.45) is 0 Å². The fourth-order valence-electron chi connectivity index (χ4n) is 1.60. The SMILES string of the molecule is C=CCOC(C)C(=O)OCC(=O)N(C)Cc1ccc(O)cc1. The minimum absolute atomic E-state index is 0.167. The van der Waals surface area contributed by atoms with Crippen LogP contribution >= 0.6 is 0 Å². The summed E-state index contributed by atoms with van der Waals surface area (Å²) in [6, 6.07) is 6.53.